The van der Waals surface area contributed by atoms with Gasteiger partial charge in [0, 0.05) is 5.69 Å². The van der Waals surface area contributed by atoms with Crippen LogP contribution in [0.15, 0.2) is 36.4 Å². The van der Waals surface area contributed by atoms with Crippen LogP contribution in [0.25, 0.3) is 0 Å². The SMILES string of the molecule is COc1ccc(NC(=O)Nc2cc(Cl)c(Cl)cc2Cl)cc1. The minimum Gasteiger partial charge on any atom is -0.497 e. The van der Waals surface area contributed by atoms with Crippen LogP contribution in [0.2, 0.25) is 15.1 Å². The summed E-state index contributed by atoms with van der Waals surface area (Å²) >= 11 is 17.7. The van der Waals surface area contributed by atoms with Gasteiger partial charge in [0.15, 0.2) is 0 Å². The second kappa shape index (κ2) is 6.89. The first-order valence-corrected chi connectivity index (χ1v) is 6.99. The van der Waals surface area contributed by atoms with Crippen LogP contribution < -0.4 is 15.4 Å². The number of carbonyl (C=O) groups is 1. The molecule has 21 heavy (non-hydrogen) atoms. The molecule has 0 spiro atoms. The molecule has 0 fully saturated rings. The lowest BCUT2D eigenvalue weighted by molar-refractivity contribution is 0.262. The molecule has 4 nitrogen and oxygen atoms in total. The summed E-state index contributed by atoms with van der Waals surface area (Å²) < 4.78 is 5.04. The van der Waals surface area contributed by atoms with Gasteiger partial charge in [-0.1, -0.05) is 34.8 Å². The van der Waals surface area contributed by atoms with Crippen molar-refractivity contribution in [3.05, 3.63) is 51.5 Å². The minimum absolute atomic E-state index is 0.300. The first kappa shape index (κ1) is 15.8. The number of rotatable bonds is 3. The number of ether oxygens (including phenoxy) is 1. The van der Waals surface area contributed by atoms with Crippen molar-refractivity contribution < 1.29 is 9.53 Å². The molecule has 0 aliphatic heterocycles. The molecular formula is C14H11Cl3N2O2. The lowest BCUT2D eigenvalue weighted by Crippen LogP contribution is -2.19. The molecule has 0 aromatic heterocycles. The zero-order valence-corrected chi connectivity index (χ0v) is 13.2. The second-order valence-corrected chi connectivity index (χ2v) is 5.28. The zero-order valence-electron chi connectivity index (χ0n) is 10.9. The third-order valence-electron chi connectivity index (χ3n) is 2.61. The second-order valence-electron chi connectivity index (χ2n) is 4.05. The summed E-state index contributed by atoms with van der Waals surface area (Å²) in [6.45, 7) is 0. The maximum absolute atomic E-state index is 11.9. The number of amides is 2. The van der Waals surface area contributed by atoms with Crippen LogP contribution in [0.4, 0.5) is 16.2 Å². The summed E-state index contributed by atoms with van der Waals surface area (Å²) in [6, 6.07) is 9.42. The highest BCUT2D eigenvalue weighted by molar-refractivity contribution is 6.44. The van der Waals surface area contributed by atoms with Crippen LogP contribution in [-0.4, -0.2) is 13.1 Å². The Hall–Kier alpha value is -1.62. The Morgan fingerprint density at radius 3 is 2.19 bits per heavy atom. The highest BCUT2D eigenvalue weighted by Gasteiger charge is 2.09. The average molecular weight is 346 g/mol. The number of hydrogen-bond donors (Lipinski definition) is 2. The van der Waals surface area contributed by atoms with E-state index in [9.17, 15) is 4.79 Å². The summed E-state index contributed by atoms with van der Waals surface area (Å²) in [6.07, 6.45) is 0. The number of benzene rings is 2. The van der Waals surface area contributed by atoms with E-state index >= 15 is 0 Å². The third-order valence-corrected chi connectivity index (χ3v) is 3.64. The van der Waals surface area contributed by atoms with Crippen LogP contribution in [0.1, 0.15) is 0 Å². The Balaban J connectivity index is 2.06. The van der Waals surface area contributed by atoms with E-state index < -0.39 is 6.03 Å². The molecule has 0 saturated heterocycles. The molecule has 2 aromatic carbocycles. The lowest BCUT2D eigenvalue weighted by Gasteiger charge is -2.10. The van der Waals surface area contributed by atoms with Crippen molar-refractivity contribution in [3.8, 4) is 5.75 Å². The highest BCUT2D eigenvalue weighted by Crippen LogP contribution is 2.32. The van der Waals surface area contributed by atoms with Gasteiger partial charge in [0.2, 0.25) is 0 Å². The van der Waals surface area contributed by atoms with E-state index in [0.29, 0.717) is 32.2 Å². The molecular weight excluding hydrogens is 335 g/mol. The topological polar surface area (TPSA) is 50.4 Å². The number of nitrogens with one attached hydrogen (secondary N) is 2. The Kier molecular flexibility index (Phi) is 5.17. The quantitative estimate of drug-likeness (QED) is 0.742. The van der Waals surface area contributed by atoms with Gasteiger partial charge in [-0.3, -0.25) is 0 Å². The maximum atomic E-state index is 11.9. The van der Waals surface area contributed by atoms with E-state index in [1.807, 2.05) is 0 Å². The molecule has 2 aromatic rings. The van der Waals surface area contributed by atoms with Crippen molar-refractivity contribution in [2.45, 2.75) is 0 Å². The molecule has 0 saturated carbocycles. The van der Waals surface area contributed by atoms with Gasteiger partial charge in [-0.15, -0.1) is 0 Å². The molecule has 0 aliphatic rings. The number of anilines is 2. The first-order valence-electron chi connectivity index (χ1n) is 5.86. The van der Waals surface area contributed by atoms with Gasteiger partial charge < -0.3 is 15.4 Å². The van der Waals surface area contributed by atoms with Crippen LogP contribution in [0.3, 0.4) is 0 Å². The van der Waals surface area contributed by atoms with Gasteiger partial charge in [0.05, 0.1) is 27.9 Å². The first-order chi connectivity index (χ1) is 9.99. The van der Waals surface area contributed by atoms with E-state index in [4.69, 9.17) is 39.5 Å². The molecule has 2 N–H and O–H groups in total. The van der Waals surface area contributed by atoms with E-state index in [0.717, 1.165) is 0 Å². The zero-order chi connectivity index (χ0) is 15.4. The summed E-state index contributed by atoms with van der Waals surface area (Å²) in [4.78, 5) is 11.9. The van der Waals surface area contributed by atoms with E-state index in [-0.39, 0.29) is 0 Å². The minimum atomic E-state index is -0.444. The van der Waals surface area contributed by atoms with E-state index in [1.54, 1.807) is 31.4 Å². The molecule has 2 rings (SSSR count). The number of halogens is 3. The molecule has 110 valence electrons. The predicted molar refractivity (Wildman–Crippen MR) is 87.1 cm³/mol. The van der Waals surface area contributed by atoms with Crippen molar-refractivity contribution in [2.24, 2.45) is 0 Å². The van der Waals surface area contributed by atoms with Gasteiger partial charge in [-0.05, 0) is 36.4 Å². The highest BCUT2D eigenvalue weighted by atomic mass is 35.5. The summed E-state index contributed by atoms with van der Waals surface area (Å²) in [7, 11) is 1.57. The average Bonchev–Trinajstić information content (AvgIpc) is 2.45. The van der Waals surface area contributed by atoms with E-state index in [1.165, 1.54) is 12.1 Å². The van der Waals surface area contributed by atoms with Crippen LogP contribution >= 0.6 is 34.8 Å². The maximum Gasteiger partial charge on any atom is 0.323 e. The number of methoxy groups -OCH3 is 1. The molecule has 0 heterocycles. The van der Waals surface area contributed by atoms with Crippen molar-refractivity contribution >= 4 is 52.2 Å². The standard InChI is InChI=1S/C14H11Cl3N2O2/c1-21-9-4-2-8(3-5-9)18-14(20)19-13-7-11(16)10(15)6-12(13)17/h2-7H,1H3,(H2,18,19,20). The van der Waals surface area contributed by atoms with Crippen molar-refractivity contribution in [1.29, 1.82) is 0 Å². The smallest absolute Gasteiger partial charge is 0.323 e. The van der Waals surface area contributed by atoms with Gasteiger partial charge in [-0.25, -0.2) is 4.79 Å². The summed E-state index contributed by atoms with van der Waals surface area (Å²) in [5.74, 6) is 0.702. The Bertz CT molecular complexity index is 660. The monoisotopic (exact) mass is 344 g/mol. The molecule has 2 amide bonds. The molecule has 0 unspecified atom stereocenters. The number of urea groups is 1. The fraction of sp³-hybridized carbons (Fsp3) is 0.0714. The van der Waals surface area contributed by atoms with Crippen molar-refractivity contribution in [3.63, 3.8) is 0 Å². The van der Waals surface area contributed by atoms with Crippen molar-refractivity contribution in [1.82, 2.24) is 0 Å². The van der Waals surface area contributed by atoms with Gasteiger partial charge in [0.1, 0.15) is 5.75 Å². The summed E-state index contributed by atoms with van der Waals surface area (Å²) in [5, 5.41) is 6.19. The van der Waals surface area contributed by atoms with Gasteiger partial charge in [0.25, 0.3) is 0 Å². The Morgan fingerprint density at radius 2 is 1.57 bits per heavy atom. The lowest BCUT2D eigenvalue weighted by atomic mass is 10.3. The molecule has 0 atom stereocenters. The Morgan fingerprint density at radius 1 is 0.952 bits per heavy atom. The number of hydrogen-bond acceptors (Lipinski definition) is 2. The van der Waals surface area contributed by atoms with Gasteiger partial charge >= 0.3 is 6.03 Å². The molecule has 0 radical (unpaired) electrons. The molecule has 7 heteroatoms. The fourth-order valence-electron chi connectivity index (χ4n) is 1.58. The van der Waals surface area contributed by atoms with Crippen LogP contribution in [0, 0.1) is 0 Å². The predicted octanol–water partition coefficient (Wildman–Crippen LogP) is 5.30. The third kappa shape index (κ3) is 4.17. The Labute approximate surface area is 137 Å². The van der Waals surface area contributed by atoms with Crippen LogP contribution in [0.5, 0.6) is 5.75 Å². The summed E-state index contributed by atoms with van der Waals surface area (Å²) in [5.41, 5.74) is 0.988. The molecule has 0 bridgehead atoms. The largest absolute Gasteiger partial charge is 0.497 e. The fourth-order valence-corrected chi connectivity index (χ4v) is 2.17. The van der Waals surface area contributed by atoms with E-state index in [2.05, 4.69) is 10.6 Å². The van der Waals surface area contributed by atoms with Crippen LogP contribution in [-0.2, 0) is 0 Å². The normalized spacial score (nSPS) is 10.1. The van der Waals surface area contributed by atoms with Crippen molar-refractivity contribution in [2.75, 3.05) is 17.7 Å². The number of carbonyl (C=O) groups excluding carboxylic acids is 1. The van der Waals surface area contributed by atoms with Gasteiger partial charge in [-0.2, -0.15) is 0 Å². The molecule has 0 aliphatic carbocycles.